The lowest BCUT2D eigenvalue weighted by Crippen LogP contribution is -2.52. The molecule has 24 heavy (non-hydrogen) atoms. The van der Waals surface area contributed by atoms with Gasteiger partial charge in [0.25, 0.3) is 0 Å². The molecule has 2 saturated heterocycles. The van der Waals surface area contributed by atoms with Gasteiger partial charge in [-0.3, -0.25) is 10.2 Å². The molecular formula is C17H29FN6. The molecule has 2 N–H and O–H groups in total. The van der Waals surface area contributed by atoms with Crippen molar-refractivity contribution in [2.24, 2.45) is 0 Å². The zero-order valence-corrected chi connectivity index (χ0v) is 14.9. The predicted molar refractivity (Wildman–Crippen MR) is 93.5 cm³/mol. The van der Waals surface area contributed by atoms with Crippen molar-refractivity contribution in [3.63, 3.8) is 0 Å². The zero-order chi connectivity index (χ0) is 17.1. The van der Waals surface area contributed by atoms with Gasteiger partial charge in [0.1, 0.15) is 12.3 Å². The number of rotatable bonds is 7. The second-order valence-corrected chi connectivity index (χ2v) is 6.91. The van der Waals surface area contributed by atoms with Crippen LogP contribution in [-0.2, 0) is 6.54 Å². The van der Waals surface area contributed by atoms with Crippen LogP contribution in [0.2, 0.25) is 0 Å². The van der Waals surface area contributed by atoms with Gasteiger partial charge in [0, 0.05) is 49.7 Å². The van der Waals surface area contributed by atoms with Crippen LogP contribution in [0.15, 0.2) is 12.4 Å². The molecule has 3 rings (SSSR count). The molecule has 2 aliphatic rings. The van der Waals surface area contributed by atoms with E-state index in [1.54, 1.807) is 7.05 Å². The highest BCUT2D eigenvalue weighted by Gasteiger charge is 2.39. The summed E-state index contributed by atoms with van der Waals surface area (Å²) in [6, 6.07) is 1.31. The topological polar surface area (TPSA) is 56.3 Å². The van der Waals surface area contributed by atoms with Crippen molar-refractivity contribution >= 4 is 5.95 Å². The minimum atomic E-state index is -1.02. The zero-order valence-electron chi connectivity index (χ0n) is 14.9. The number of nitrogens with zero attached hydrogens (tertiary/aromatic N) is 4. The Labute approximate surface area is 143 Å². The summed E-state index contributed by atoms with van der Waals surface area (Å²) in [6.07, 6.45) is 4.80. The predicted octanol–water partition coefficient (Wildman–Crippen LogP) is 1.46. The molecule has 2 bridgehead atoms. The van der Waals surface area contributed by atoms with Crippen LogP contribution in [0.1, 0.15) is 32.3 Å². The minimum Gasteiger partial charge on any atom is -0.336 e. The van der Waals surface area contributed by atoms with Crippen LogP contribution in [0.4, 0.5) is 10.3 Å². The van der Waals surface area contributed by atoms with Gasteiger partial charge in [0.15, 0.2) is 0 Å². The molecule has 0 aromatic carbocycles. The molecule has 0 saturated carbocycles. The van der Waals surface area contributed by atoms with Crippen LogP contribution in [0.5, 0.6) is 0 Å². The lowest BCUT2D eigenvalue weighted by molar-refractivity contribution is 0.0640. The highest BCUT2D eigenvalue weighted by Crippen LogP contribution is 2.31. The molecule has 7 heteroatoms. The lowest BCUT2D eigenvalue weighted by Gasteiger charge is -2.40. The summed E-state index contributed by atoms with van der Waals surface area (Å²) >= 11 is 0. The first-order valence-corrected chi connectivity index (χ1v) is 8.97. The summed E-state index contributed by atoms with van der Waals surface area (Å²) in [7, 11) is 1.72. The smallest absolute Gasteiger partial charge is 0.223 e. The average molecular weight is 336 g/mol. The fourth-order valence-electron chi connectivity index (χ4n) is 3.87. The summed E-state index contributed by atoms with van der Waals surface area (Å²) in [5.74, 6) is 0.460. The second kappa shape index (κ2) is 7.72. The Morgan fingerprint density at radius 3 is 2.38 bits per heavy atom. The molecule has 0 radical (unpaired) electrons. The van der Waals surface area contributed by atoms with E-state index < -0.39 is 12.3 Å². The van der Waals surface area contributed by atoms with E-state index in [1.807, 2.05) is 12.4 Å². The van der Waals surface area contributed by atoms with Crippen LogP contribution in [0.3, 0.4) is 0 Å². The summed E-state index contributed by atoms with van der Waals surface area (Å²) < 4.78 is 13.4. The molecule has 1 aromatic rings. The maximum Gasteiger partial charge on any atom is 0.223 e. The van der Waals surface area contributed by atoms with Crippen LogP contribution < -0.4 is 10.6 Å². The number of halogens is 1. The summed E-state index contributed by atoms with van der Waals surface area (Å²) in [6.45, 7) is 8.14. The normalized spacial score (nSPS) is 27.2. The molecule has 6 nitrogen and oxygen atoms in total. The van der Waals surface area contributed by atoms with Crippen molar-refractivity contribution in [1.29, 1.82) is 0 Å². The first kappa shape index (κ1) is 17.5. The largest absolute Gasteiger partial charge is 0.336 e. The minimum absolute atomic E-state index is 0.460. The van der Waals surface area contributed by atoms with Crippen molar-refractivity contribution in [2.45, 2.75) is 57.7 Å². The second-order valence-electron chi connectivity index (χ2n) is 6.91. The number of piperazine rings is 1. The molecule has 3 unspecified atom stereocenters. The van der Waals surface area contributed by atoms with Crippen molar-refractivity contribution in [3.05, 3.63) is 18.0 Å². The number of anilines is 1. The van der Waals surface area contributed by atoms with E-state index in [1.165, 1.54) is 32.9 Å². The van der Waals surface area contributed by atoms with Crippen molar-refractivity contribution < 1.29 is 4.39 Å². The van der Waals surface area contributed by atoms with Gasteiger partial charge in [0.2, 0.25) is 5.95 Å². The lowest BCUT2D eigenvalue weighted by atomic mass is 10.1. The van der Waals surface area contributed by atoms with E-state index in [-0.39, 0.29) is 0 Å². The van der Waals surface area contributed by atoms with E-state index in [4.69, 9.17) is 0 Å². The number of aromatic nitrogens is 2. The molecule has 134 valence electrons. The van der Waals surface area contributed by atoms with Gasteiger partial charge < -0.3 is 10.2 Å². The maximum absolute atomic E-state index is 13.4. The van der Waals surface area contributed by atoms with Gasteiger partial charge in [-0.2, -0.15) is 0 Å². The molecule has 2 aliphatic heterocycles. The number of likely N-dealkylation sites (N-methyl/N-ethyl adjacent to an activating group) is 1. The van der Waals surface area contributed by atoms with E-state index in [0.717, 1.165) is 18.7 Å². The van der Waals surface area contributed by atoms with E-state index in [0.29, 0.717) is 18.0 Å². The van der Waals surface area contributed by atoms with Crippen LogP contribution in [0, 0.1) is 0 Å². The van der Waals surface area contributed by atoms with Gasteiger partial charge in [-0.15, -0.1) is 0 Å². The van der Waals surface area contributed by atoms with Crippen LogP contribution in [-0.4, -0.2) is 70.9 Å². The summed E-state index contributed by atoms with van der Waals surface area (Å²) in [5, 5.41) is 5.85. The van der Waals surface area contributed by atoms with Gasteiger partial charge in [-0.25, -0.2) is 14.4 Å². The van der Waals surface area contributed by atoms with Crippen molar-refractivity contribution in [3.8, 4) is 0 Å². The Morgan fingerprint density at radius 2 is 1.88 bits per heavy atom. The molecular weight excluding hydrogens is 307 g/mol. The number of hydrogen-bond acceptors (Lipinski definition) is 6. The molecule has 2 fully saturated rings. The third kappa shape index (κ3) is 3.84. The standard InChI is InChI=1S/C17H29FN6/c1-4-23-10-14-5-6-15(11-23)24(14)9-13-7-20-17(21-8-13)22-16(19-3)12(2)18/h7-8,12,14-16,19H,4-6,9-11H2,1-3H3,(H,20,21,22)/t12?,14?,15?,16-/m1/s1. The van der Waals surface area contributed by atoms with Crippen LogP contribution >= 0.6 is 0 Å². The molecule has 3 heterocycles. The van der Waals surface area contributed by atoms with Crippen LogP contribution in [0.25, 0.3) is 0 Å². The first-order chi connectivity index (χ1) is 11.6. The molecule has 0 spiro atoms. The summed E-state index contributed by atoms with van der Waals surface area (Å²) in [5.41, 5.74) is 1.12. The Kier molecular flexibility index (Phi) is 5.63. The Hall–Kier alpha value is -1.31. The number of hydrogen-bond donors (Lipinski definition) is 2. The first-order valence-electron chi connectivity index (χ1n) is 8.97. The number of fused-ring (bicyclic) bond motifs is 2. The van der Waals surface area contributed by atoms with E-state index in [9.17, 15) is 4.39 Å². The fraction of sp³-hybridized carbons (Fsp3) is 0.765. The van der Waals surface area contributed by atoms with Crippen molar-refractivity contribution in [2.75, 3.05) is 32.0 Å². The molecule has 0 aliphatic carbocycles. The van der Waals surface area contributed by atoms with E-state index in [2.05, 4.69) is 37.3 Å². The fourth-order valence-corrected chi connectivity index (χ4v) is 3.87. The van der Waals surface area contributed by atoms with Gasteiger partial charge in [0.05, 0.1) is 0 Å². The molecule has 4 atom stereocenters. The van der Waals surface area contributed by atoms with Gasteiger partial charge in [-0.05, 0) is 33.4 Å². The van der Waals surface area contributed by atoms with Crippen molar-refractivity contribution in [1.82, 2.24) is 25.1 Å². The SMILES string of the molecule is CCN1CC2CCC(C1)N2Cc1cnc(N[C@@H](NC)C(C)F)nc1. The summed E-state index contributed by atoms with van der Waals surface area (Å²) in [4.78, 5) is 13.9. The number of alkyl halides is 1. The Morgan fingerprint density at radius 1 is 1.25 bits per heavy atom. The quantitative estimate of drug-likeness (QED) is 0.735. The molecule has 1 aromatic heterocycles. The van der Waals surface area contributed by atoms with Gasteiger partial charge in [-0.1, -0.05) is 6.92 Å². The van der Waals surface area contributed by atoms with Gasteiger partial charge >= 0.3 is 0 Å². The average Bonchev–Trinajstić information content (AvgIpc) is 2.82. The Bertz CT molecular complexity index is 508. The monoisotopic (exact) mass is 336 g/mol. The number of likely N-dealkylation sites (tertiary alicyclic amines) is 1. The highest BCUT2D eigenvalue weighted by atomic mass is 19.1. The third-order valence-corrected chi connectivity index (χ3v) is 5.28. The maximum atomic E-state index is 13.4. The highest BCUT2D eigenvalue weighted by molar-refractivity contribution is 5.26. The number of nitrogens with one attached hydrogen (secondary N) is 2. The Balaban J connectivity index is 1.59. The molecule has 0 amide bonds. The third-order valence-electron chi connectivity index (χ3n) is 5.28. The van der Waals surface area contributed by atoms with E-state index >= 15 is 0 Å².